The molecule has 0 aliphatic carbocycles. The van der Waals surface area contributed by atoms with Crippen LogP contribution in [-0.4, -0.2) is 26.2 Å². The topological polar surface area (TPSA) is 75.7 Å². The van der Waals surface area contributed by atoms with Gasteiger partial charge in [0.15, 0.2) is 17.2 Å². The van der Waals surface area contributed by atoms with Crippen molar-refractivity contribution in [3.8, 4) is 5.75 Å². The molecule has 6 nitrogen and oxygen atoms in total. The largest absolute Gasteiger partial charge is 0.476 e. The fraction of sp³-hybridized carbons (Fsp3) is 0.235. The van der Waals surface area contributed by atoms with E-state index in [1.807, 2.05) is 0 Å². The van der Waals surface area contributed by atoms with Gasteiger partial charge in [0.1, 0.15) is 17.3 Å². The molecule has 0 saturated heterocycles. The molecular formula is C17H15F3N2O4S. The zero-order valence-corrected chi connectivity index (χ0v) is 15.3. The molecule has 0 unspecified atom stereocenters. The van der Waals surface area contributed by atoms with Crippen LogP contribution in [0.3, 0.4) is 0 Å². The summed E-state index contributed by atoms with van der Waals surface area (Å²) in [5, 5.41) is 0. The van der Waals surface area contributed by atoms with E-state index in [-0.39, 0.29) is 17.1 Å². The number of hydrogen-bond donors (Lipinski definition) is 1. The van der Waals surface area contributed by atoms with Crippen LogP contribution < -0.4 is 14.4 Å². The number of halogens is 3. The third-order valence-corrected chi connectivity index (χ3v) is 4.40. The Morgan fingerprint density at radius 2 is 1.67 bits per heavy atom. The highest BCUT2D eigenvalue weighted by molar-refractivity contribution is 7.92. The zero-order valence-electron chi connectivity index (χ0n) is 14.5. The van der Waals surface area contributed by atoms with Crippen molar-refractivity contribution in [2.75, 3.05) is 15.9 Å². The van der Waals surface area contributed by atoms with Gasteiger partial charge < -0.3 is 4.74 Å². The summed E-state index contributed by atoms with van der Waals surface area (Å²) >= 11 is 0. The van der Waals surface area contributed by atoms with E-state index >= 15 is 0 Å². The molecule has 2 aromatic carbocycles. The van der Waals surface area contributed by atoms with Crippen LogP contribution in [0, 0.1) is 17.5 Å². The molecule has 0 fully saturated rings. The van der Waals surface area contributed by atoms with Crippen molar-refractivity contribution in [3.05, 3.63) is 47.8 Å². The number of carbonyl (C=O) groups is 1. The smallest absolute Gasteiger partial charge is 0.275 e. The molecule has 0 spiro atoms. The van der Waals surface area contributed by atoms with Crippen LogP contribution in [0.15, 0.2) is 30.3 Å². The fourth-order valence-electron chi connectivity index (χ4n) is 2.73. The third-order valence-electron chi connectivity index (χ3n) is 3.79. The Labute approximate surface area is 153 Å². The molecule has 0 atom stereocenters. The first-order valence-electron chi connectivity index (χ1n) is 7.69. The van der Waals surface area contributed by atoms with E-state index in [2.05, 4.69) is 4.72 Å². The van der Waals surface area contributed by atoms with Crippen molar-refractivity contribution in [1.82, 2.24) is 0 Å². The van der Waals surface area contributed by atoms with Crippen molar-refractivity contribution < 1.29 is 31.1 Å². The average Bonchev–Trinajstić information content (AvgIpc) is 2.48. The van der Waals surface area contributed by atoms with E-state index in [9.17, 15) is 26.4 Å². The summed E-state index contributed by atoms with van der Waals surface area (Å²) < 4.78 is 72.5. The number of anilines is 3. The van der Waals surface area contributed by atoms with Gasteiger partial charge in [0, 0.05) is 18.2 Å². The van der Waals surface area contributed by atoms with E-state index in [1.165, 1.54) is 32.0 Å². The van der Waals surface area contributed by atoms with Gasteiger partial charge in [0.05, 0.1) is 17.6 Å². The molecule has 27 heavy (non-hydrogen) atoms. The van der Waals surface area contributed by atoms with E-state index < -0.39 is 44.7 Å². The Bertz CT molecular complexity index is 1030. The van der Waals surface area contributed by atoms with E-state index in [0.29, 0.717) is 12.1 Å². The lowest BCUT2D eigenvalue weighted by Crippen LogP contribution is -2.51. The summed E-state index contributed by atoms with van der Waals surface area (Å²) in [5.41, 5.74) is -2.13. The minimum atomic E-state index is -3.57. The molecule has 2 aromatic rings. The summed E-state index contributed by atoms with van der Waals surface area (Å²) in [5.74, 6) is -4.40. The summed E-state index contributed by atoms with van der Waals surface area (Å²) in [6.07, 6.45) is 0.955. The highest BCUT2D eigenvalue weighted by Gasteiger charge is 2.43. The van der Waals surface area contributed by atoms with E-state index in [0.717, 1.165) is 11.2 Å². The Morgan fingerprint density at radius 1 is 1.07 bits per heavy atom. The molecule has 3 rings (SSSR count). The molecule has 10 heteroatoms. The summed E-state index contributed by atoms with van der Waals surface area (Å²) in [6, 6.07) is 4.80. The Kier molecular flexibility index (Phi) is 4.34. The molecular weight excluding hydrogens is 385 g/mol. The van der Waals surface area contributed by atoms with Crippen LogP contribution in [0.1, 0.15) is 13.8 Å². The number of nitrogens with one attached hydrogen (secondary N) is 1. The summed E-state index contributed by atoms with van der Waals surface area (Å²) in [4.78, 5) is 13.5. The standard InChI is InChI=1S/C17H15F3N2O4S/c1-17(2)16(23)22(15-11(19)6-9(18)7-12(15)20)13-5-4-10(8-14(13)26-17)21-27(3,24)25/h4-8,21H,1-3H3. The molecule has 0 radical (unpaired) electrons. The van der Waals surface area contributed by atoms with Crippen LogP contribution in [0.25, 0.3) is 0 Å². The van der Waals surface area contributed by atoms with Gasteiger partial charge in [-0.15, -0.1) is 0 Å². The highest BCUT2D eigenvalue weighted by atomic mass is 32.2. The fourth-order valence-corrected chi connectivity index (χ4v) is 3.28. The van der Waals surface area contributed by atoms with Gasteiger partial charge in [-0.25, -0.2) is 21.6 Å². The van der Waals surface area contributed by atoms with Crippen LogP contribution in [0.4, 0.5) is 30.2 Å². The number of ether oxygens (including phenoxy) is 1. The van der Waals surface area contributed by atoms with E-state index in [1.54, 1.807) is 0 Å². The second kappa shape index (κ2) is 6.15. The SMILES string of the molecule is CC1(C)Oc2cc(NS(C)(=O)=O)ccc2N(c2c(F)cc(F)cc2F)C1=O. The molecule has 1 aliphatic rings. The molecule has 1 aliphatic heterocycles. The number of carbonyl (C=O) groups excluding carboxylic acids is 1. The minimum Gasteiger partial charge on any atom is -0.476 e. The van der Waals surface area contributed by atoms with Crippen LogP contribution in [0.5, 0.6) is 5.75 Å². The number of nitrogens with zero attached hydrogens (tertiary/aromatic N) is 1. The molecule has 0 saturated carbocycles. The van der Waals surface area contributed by atoms with Crippen LogP contribution >= 0.6 is 0 Å². The lowest BCUT2D eigenvalue weighted by atomic mass is 10.0. The maximum atomic E-state index is 14.3. The van der Waals surface area contributed by atoms with Crippen molar-refractivity contribution in [2.24, 2.45) is 0 Å². The van der Waals surface area contributed by atoms with E-state index in [4.69, 9.17) is 4.74 Å². The van der Waals surface area contributed by atoms with Gasteiger partial charge >= 0.3 is 0 Å². The predicted octanol–water partition coefficient (Wildman–Crippen LogP) is 3.31. The Hall–Kier alpha value is -2.75. The number of amides is 1. The third kappa shape index (κ3) is 3.57. The summed E-state index contributed by atoms with van der Waals surface area (Å²) in [6.45, 7) is 2.78. The first-order chi connectivity index (χ1) is 12.4. The van der Waals surface area contributed by atoms with Gasteiger partial charge in [0.2, 0.25) is 10.0 Å². The number of hydrogen-bond acceptors (Lipinski definition) is 4. The normalized spacial score (nSPS) is 15.9. The second-order valence-electron chi connectivity index (χ2n) is 6.53. The Balaban J connectivity index is 2.21. The lowest BCUT2D eigenvalue weighted by Gasteiger charge is -2.39. The highest BCUT2D eigenvalue weighted by Crippen LogP contribution is 2.44. The zero-order chi connectivity index (χ0) is 20.1. The van der Waals surface area contributed by atoms with Crippen LogP contribution in [-0.2, 0) is 14.8 Å². The number of rotatable bonds is 3. The molecule has 0 bridgehead atoms. The first kappa shape index (κ1) is 19.0. The Morgan fingerprint density at radius 3 is 2.22 bits per heavy atom. The molecule has 144 valence electrons. The second-order valence-corrected chi connectivity index (χ2v) is 8.28. The quantitative estimate of drug-likeness (QED) is 0.858. The van der Waals surface area contributed by atoms with Gasteiger partial charge in [-0.05, 0) is 26.0 Å². The van der Waals surface area contributed by atoms with Crippen LogP contribution in [0.2, 0.25) is 0 Å². The van der Waals surface area contributed by atoms with Crippen molar-refractivity contribution in [2.45, 2.75) is 19.4 Å². The number of sulfonamides is 1. The number of benzene rings is 2. The monoisotopic (exact) mass is 400 g/mol. The summed E-state index contributed by atoms with van der Waals surface area (Å²) in [7, 11) is -3.57. The van der Waals surface area contributed by atoms with Crippen molar-refractivity contribution in [1.29, 1.82) is 0 Å². The maximum absolute atomic E-state index is 14.3. The first-order valence-corrected chi connectivity index (χ1v) is 9.58. The predicted molar refractivity (Wildman–Crippen MR) is 93.1 cm³/mol. The van der Waals surface area contributed by atoms with Gasteiger partial charge in [-0.3, -0.25) is 14.4 Å². The van der Waals surface area contributed by atoms with Gasteiger partial charge in [0.25, 0.3) is 5.91 Å². The lowest BCUT2D eigenvalue weighted by molar-refractivity contribution is -0.131. The number of fused-ring (bicyclic) bond motifs is 1. The van der Waals surface area contributed by atoms with Gasteiger partial charge in [-0.1, -0.05) is 0 Å². The van der Waals surface area contributed by atoms with Crippen molar-refractivity contribution in [3.63, 3.8) is 0 Å². The molecule has 1 N–H and O–H groups in total. The molecule has 0 aromatic heterocycles. The minimum absolute atomic E-state index is 0.0113. The average molecular weight is 400 g/mol. The van der Waals surface area contributed by atoms with Gasteiger partial charge in [-0.2, -0.15) is 0 Å². The van der Waals surface area contributed by atoms with Crippen molar-refractivity contribution >= 4 is 33.0 Å². The molecule has 1 amide bonds. The maximum Gasteiger partial charge on any atom is 0.275 e. The molecule has 1 heterocycles.